The Labute approximate surface area is 182 Å². The number of urea groups is 1. The van der Waals surface area contributed by atoms with Crippen LogP contribution in [0.25, 0.3) is 0 Å². The molecule has 8 heteroatoms. The molecule has 1 heterocycles. The van der Waals surface area contributed by atoms with E-state index in [1.807, 2.05) is 0 Å². The molecule has 0 radical (unpaired) electrons. The molecule has 162 valence electrons. The minimum absolute atomic E-state index is 0.222. The Morgan fingerprint density at radius 1 is 1.33 bits per heavy atom. The molecule has 2 unspecified atom stereocenters. The molecule has 0 spiro atoms. The van der Waals surface area contributed by atoms with Crippen molar-refractivity contribution in [2.75, 3.05) is 5.32 Å². The van der Waals surface area contributed by atoms with E-state index in [0.29, 0.717) is 17.4 Å². The van der Waals surface area contributed by atoms with Gasteiger partial charge in [-0.05, 0) is 91.5 Å². The number of hydrogen-bond donors (Lipinski definition) is 4. The fourth-order valence-electron chi connectivity index (χ4n) is 4.17. The van der Waals surface area contributed by atoms with Crippen LogP contribution in [0.5, 0.6) is 0 Å². The summed E-state index contributed by atoms with van der Waals surface area (Å²) in [6.07, 6.45) is 5.43. The maximum atomic E-state index is 12.9. The van der Waals surface area contributed by atoms with Crippen LogP contribution in [0, 0.1) is 10.7 Å². The molecule has 6 nitrogen and oxygen atoms in total. The second kappa shape index (κ2) is 7.66. The highest BCUT2D eigenvalue weighted by atomic mass is 32.2. The quantitative estimate of drug-likeness (QED) is 0.494. The number of aryl methyl sites for hydroxylation is 1. The first-order valence-corrected chi connectivity index (χ1v) is 12.8. The zero-order chi connectivity index (χ0) is 21.7. The number of carbonyl (C=O) groups is 1. The van der Waals surface area contributed by atoms with Gasteiger partial charge in [0.05, 0.1) is 5.60 Å². The van der Waals surface area contributed by atoms with Crippen molar-refractivity contribution >= 4 is 33.0 Å². The number of thiophene rings is 1. The van der Waals surface area contributed by atoms with Crippen LogP contribution in [-0.4, -0.2) is 15.3 Å². The molecular weight excluding hydrogens is 418 g/mol. The van der Waals surface area contributed by atoms with E-state index < -0.39 is 21.5 Å². The first kappa shape index (κ1) is 21.3. The predicted molar refractivity (Wildman–Crippen MR) is 120 cm³/mol. The molecule has 0 saturated heterocycles. The van der Waals surface area contributed by atoms with Gasteiger partial charge in [-0.3, -0.25) is 0 Å². The molecule has 4 rings (SSSR count). The lowest BCUT2D eigenvalue weighted by Crippen LogP contribution is -2.34. The van der Waals surface area contributed by atoms with E-state index in [-0.39, 0.29) is 4.21 Å². The van der Waals surface area contributed by atoms with Gasteiger partial charge >= 0.3 is 6.03 Å². The maximum Gasteiger partial charge on any atom is 0.331 e. The molecule has 2 aromatic rings. The van der Waals surface area contributed by atoms with Crippen LogP contribution in [0.3, 0.4) is 0 Å². The molecule has 2 aliphatic rings. The molecule has 0 aliphatic heterocycles. The molecule has 0 bridgehead atoms. The van der Waals surface area contributed by atoms with E-state index in [1.165, 1.54) is 30.0 Å². The third-order valence-corrected chi connectivity index (χ3v) is 9.05. The first-order valence-electron chi connectivity index (χ1n) is 10.4. The van der Waals surface area contributed by atoms with Gasteiger partial charge in [0.2, 0.25) is 0 Å². The third-order valence-electron chi connectivity index (χ3n) is 6.17. The van der Waals surface area contributed by atoms with E-state index in [2.05, 4.69) is 29.1 Å². The van der Waals surface area contributed by atoms with Gasteiger partial charge in [0.15, 0.2) is 9.92 Å². The molecule has 2 aliphatic carbocycles. The summed E-state index contributed by atoms with van der Waals surface area (Å²) in [6, 6.07) is 5.20. The second-order valence-corrected chi connectivity index (χ2v) is 11.9. The van der Waals surface area contributed by atoms with Crippen LogP contribution in [0.4, 0.5) is 10.5 Å². The normalized spacial score (nSPS) is 19.1. The van der Waals surface area contributed by atoms with Gasteiger partial charge in [0.25, 0.3) is 0 Å². The largest absolute Gasteiger partial charge is 0.386 e. The van der Waals surface area contributed by atoms with Crippen molar-refractivity contribution in [3.63, 3.8) is 0 Å². The van der Waals surface area contributed by atoms with Crippen molar-refractivity contribution in [2.24, 2.45) is 5.92 Å². The van der Waals surface area contributed by atoms with E-state index in [0.717, 1.165) is 41.9 Å². The van der Waals surface area contributed by atoms with Crippen molar-refractivity contribution in [1.29, 1.82) is 4.78 Å². The fourth-order valence-corrected chi connectivity index (χ4v) is 6.48. The molecule has 2 amide bonds. The van der Waals surface area contributed by atoms with Crippen molar-refractivity contribution in [3.8, 4) is 0 Å². The Hall–Kier alpha value is -1.90. The van der Waals surface area contributed by atoms with Crippen molar-refractivity contribution in [1.82, 2.24) is 4.72 Å². The van der Waals surface area contributed by atoms with Crippen molar-refractivity contribution in [3.05, 3.63) is 45.8 Å². The number of fused-ring (bicyclic) bond motifs is 1. The summed E-state index contributed by atoms with van der Waals surface area (Å²) in [6.45, 7) is 5.46. The molecule has 1 fully saturated rings. The van der Waals surface area contributed by atoms with Gasteiger partial charge in [-0.15, -0.1) is 11.3 Å². The second-order valence-electron chi connectivity index (χ2n) is 8.97. The Balaban J connectivity index is 1.57. The van der Waals surface area contributed by atoms with Crippen LogP contribution in [-0.2, 0) is 28.4 Å². The van der Waals surface area contributed by atoms with Crippen molar-refractivity contribution < 1.29 is 14.1 Å². The highest BCUT2D eigenvalue weighted by molar-refractivity contribution is 7.93. The first-order chi connectivity index (χ1) is 14.1. The maximum absolute atomic E-state index is 12.9. The zero-order valence-electron chi connectivity index (χ0n) is 17.6. The lowest BCUT2D eigenvalue weighted by molar-refractivity contribution is 0.0789. The van der Waals surface area contributed by atoms with E-state index in [4.69, 9.17) is 4.78 Å². The summed E-state index contributed by atoms with van der Waals surface area (Å²) in [5.41, 5.74) is 3.88. The summed E-state index contributed by atoms with van der Waals surface area (Å²) in [7, 11) is -3.52. The van der Waals surface area contributed by atoms with Crippen LogP contribution < -0.4 is 10.0 Å². The van der Waals surface area contributed by atoms with Gasteiger partial charge < -0.3 is 10.4 Å². The molecular formula is C22H29N3O3S2. The predicted octanol–water partition coefficient (Wildman–Crippen LogP) is 5.12. The number of anilines is 1. The SMILES string of the molecule is CC(c1ccc2c(c1NC(=O)NS(=N)(=O)c1cc(C(C)(C)O)cs1)CCC2)C1CC1. The van der Waals surface area contributed by atoms with Gasteiger partial charge in [0.1, 0.15) is 4.21 Å². The number of aliphatic hydroxyl groups is 1. The number of amides is 2. The average Bonchev–Trinajstić information content (AvgIpc) is 3.16. The zero-order valence-corrected chi connectivity index (χ0v) is 19.2. The monoisotopic (exact) mass is 447 g/mol. The average molecular weight is 448 g/mol. The standard InChI is InChI=1S/C22H29N3O3S2/c1-13(14-7-8-14)17-10-9-15-5-4-6-18(15)20(17)24-21(26)25-30(23,28)19-11-16(12-29-19)22(2,3)27/h9-14,27H,4-8H2,1-3H3,(H3,23,24,25,26,28). The molecule has 1 aromatic heterocycles. The Kier molecular flexibility index (Phi) is 5.45. The smallest absolute Gasteiger partial charge is 0.331 e. The Bertz CT molecular complexity index is 1080. The molecule has 30 heavy (non-hydrogen) atoms. The highest BCUT2D eigenvalue weighted by Crippen LogP contribution is 2.46. The van der Waals surface area contributed by atoms with E-state index in [9.17, 15) is 14.1 Å². The van der Waals surface area contributed by atoms with Crippen molar-refractivity contribution in [2.45, 2.75) is 68.6 Å². The Morgan fingerprint density at radius 3 is 2.70 bits per heavy atom. The molecule has 1 saturated carbocycles. The number of nitrogens with one attached hydrogen (secondary N) is 3. The van der Waals surface area contributed by atoms with Gasteiger partial charge in [-0.25, -0.2) is 18.5 Å². The van der Waals surface area contributed by atoms with Gasteiger partial charge in [-0.1, -0.05) is 19.1 Å². The topological polar surface area (TPSA) is 102 Å². The summed E-state index contributed by atoms with van der Waals surface area (Å²) in [5, 5.41) is 14.7. The van der Waals surface area contributed by atoms with E-state index >= 15 is 0 Å². The van der Waals surface area contributed by atoms with Crippen LogP contribution >= 0.6 is 11.3 Å². The number of rotatable bonds is 6. The van der Waals surface area contributed by atoms with Gasteiger partial charge in [-0.2, -0.15) is 0 Å². The summed E-state index contributed by atoms with van der Waals surface area (Å²) < 4.78 is 23.7. The molecule has 1 aromatic carbocycles. The van der Waals surface area contributed by atoms with Crippen LogP contribution in [0.2, 0.25) is 0 Å². The summed E-state index contributed by atoms with van der Waals surface area (Å²) in [4.78, 5) is 12.8. The Morgan fingerprint density at radius 2 is 2.07 bits per heavy atom. The summed E-state index contributed by atoms with van der Waals surface area (Å²) in [5.74, 6) is 1.01. The third kappa shape index (κ3) is 4.26. The molecule has 4 N–H and O–H groups in total. The van der Waals surface area contributed by atoms with Gasteiger partial charge in [0, 0.05) is 5.69 Å². The lowest BCUT2D eigenvalue weighted by atomic mass is 9.91. The fraction of sp³-hybridized carbons (Fsp3) is 0.500. The van der Waals surface area contributed by atoms with Crippen LogP contribution in [0.1, 0.15) is 68.2 Å². The number of carbonyl (C=O) groups excluding carboxylic acids is 1. The highest BCUT2D eigenvalue weighted by Gasteiger charge is 2.32. The number of hydrogen-bond acceptors (Lipinski definition) is 5. The minimum Gasteiger partial charge on any atom is -0.386 e. The lowest BCUT2D eigenvalue weighted by Gasteiger charge is -2.21. The summed E-state index contributed by atoms with van der Waals surface area (Å²) >= 11 is 1.11. The number of benzene rings is 1. The minimum atomic E-state index is -3.52. The van der Waals surface area contributed by atoms with E-state index in [1.54, 1.807) is 19.2 Å². The van der Waals surface area contributed by atoms with Crippen LogP contribution in [0.15, 0.2) is 27.8 Å². The molecule has 2 atom stereocenters.